The van der Waals surface area contributed by atoms with Crippen LogP contribution in [-0.2, 0) is 4.79 Å². The second-order valence-corrected chi connectivity index (χ2v) is 4.61. The molecule has 1 aliphatic rings. The van der Waals surface area contributed by atoms with Gasteiger partial charge >= 0.3 is 5.97 Å². The summed E-state index contributed by atoms with van der Waals surface area (Å²) in [5.41, 5.74) is 0.558. The van der Waals surface area contributed by atoms with Gasteiger partial charge in [0.05, 0.1) is 5.92 Å². The lowest BCUT2D eigenvalue weighted by atomic mass is 9.85. The van der Waals surface area contributed by atoms with Crippen LogP contribution in [0.25, 0.3) is 0 Å². The molecule has 2 rings (SSSR count). The van der Waals surface area contributed by atoms with Gasteiger partial charge < -0.3 is 10.4 Å². The first kappa shape index (κ1) is 12.5. The average molecular weight is 248 g/mol. The smallest absolute Gasteiger partial charge is 0.306 e. The molecule has 1 saturated carbocycles. The molecule has 0 bridgehead atoms. The van der Waals surface area contributed by atoms with E-state index >= 15 is 0 Å². The summed E-state index contributed by atoms with van der Waals surface area (Å²) in [7, 11) is 0. The fourth-order valence-corrected chi connectivity index (χ4v) is 2.32. The third-order valence-electron chi connectivity index (χ3n) is 3.30. The number of amides is 1. The van der Waals surface area contributed by atoms with E-state index in [2.05, 4.69) is 10.3 Å². The number of nitrogens with zero attached hydrogens (tertiary/aromatic N) is 1. The van der Waals surface area contributed by atoms with Crippen molar-refractivity contribution < 1.29 is 14.7 Å². The van der Waals surface area contributed by atoms with Gasteiger partial charge in [0.1, 0.15) is 0 Å². The quantitative estimate of drug-likeness (QED) is 0.848. The largest absolute Gasteiger partial charge is 0.481 e. The molecule has 1 aromatic heterocycles. The summed E-state index contributed by atoms with van der Waals surface area (Å²) in [6.45, 7) is 0. The van der Waals surface area contributed by atoms with E-state index in [0.29, 0.717) is 18.4 Å². The minimum Gasteiger partial charge on any atom is -0.481 e. The number of hydrogen-bond donors (Lipinski definition) is 2. The second kappa shape index (κ2) is 5.62. The topological polar surface area (TPSA) is 79.3 Å². The predicted octanol–water partition coefficient (Wildman–Crippen LogP) is 1.45. The van der Waals surface area contributed by atoms with Crippen LogP contribution in [0, 0.1) is 5.92 Å². The van der Waals surface area contributed by atoms with Crippen molar-refractivity contribution in [2.75, 3.05) is 0 Å². The average Bonchev–Trinajstić information content (AvgIpc) is 2.40. The van der Waals surface area contributed by atoms with E-state index in [9.17, 15) is 9.59 Å². The van der Waals surface area contributed by atoms with Crippen molar-refractivity contribution in [1.82, 2.24) is 10.3 Å². The normalized spacial score (nSPS) is 23.3. The molecule has 0 radical (unpaired) electrons. The van der Waals surface area contributed by atoms with Crippen molar-refractivity contribution in [2.45, 2.75) is 31.7 Å². The zero-order chi connectivity index (χ0) is 13.0. The molecular weight excluding hydrogens is 232 g/mol. The third kappa shape index (κ3) is 3.06. The minimum absolute atomic E-state index is 0.0412. The molecule has 0 spiro atoms. The molecular formula is C13H16N2O3. The van der Waals surface area contributed by atoms with E-state index in [-0.39, 0.29) is 17.9 Å². The van der Waals surface area contributed by atoms with E-state index in [0.717, 1.165) is 12.8 Å². The zero-order valence-corrected chi connectivity index (χ0v) is 10.0. The summed E-state index contributed by atoms with van der Waals surface area (Å²) in [6.07, 6.45) is 6.05. The van der Waals surface area contributed by atoms with Crippen LogP contribution in [-0.4, -0.2) is 28.0 Å². The van der Waals surface area contributed by atoms with E-state index in [1.54, 1.807) is 24.5 Å². The third-order valence-corrected chi connectivity index (χ3v) is 3.30. The lowest BCUT2D eigenvalue weighted by Crippen LogP contribution is -2.39. The highest BCUT2D eigenvalue weighted by atomic mass is 16.4. The Morgan fingerprint density at radius 2 is 2.00 bits per heavy atom. The van der Waals surface area contributed by atoms with Gasteiger partial charge in [-0.05, 0) is 31.4 Å². The van der Waals surface area contributed by atoms with Crippen LogP contribution < -0.4 is 5.32 Å². The van der Waals surface area contributed by atoms with Crippen molar-refractivity contribution in [3.63, 3.8) is 0 Å². The molecule has 1 aromatic rings. The predicted molar refractivity (Wildman–Crippen MR) is 65.1 cm³/mol. The molecule has 2 N–H and O–H groups in total. The standard InChI is InChI=1S/C13H16N2O3/c16-12(9-4-6-14-7-5-9)15-11-3-1-2-10(8-11)13(17)18/h4-7,10-11H,1-3,8H2,(H,15,16)(H,17,18). The summed E-state index contributed by atoms with van der Waals surface area (Å²) in [6, 6.07) is 3.25. The van der Waals surface area contributed by atoms with Crippen molar-refractivity contribution in [3.8, 4) is 0 Å². The molecule has 1 amide bonds. The van der Waals surface area contributed by atoms with E-state index in [1.165, 1.54) is 0 Å². The number of aromatic nitrogens is 1. The summed E-state index contributed by atoms with van der Waals surface area (Å²) < 4.78 is 0. The highest BCUT2D eigenvalue weighted by Crippen LogP contribution is 2.24. The Kier molecular flexibility index (Phi) is 3.92. The van der Waals surface area contributed by atoms with Gasteiger partial charge in [0.15, 0.2) is 0 Å². The molecule has 2 unspecified atom stereocenters. The minimum atomic E-state index is -0.766. The molecule has 2 atom stereocenters. The van der Waals surface area contributed by atoms with Gasteiger partial charge in [0.2, 0.25) is 0 Å². The summed E-state index contributed by atoms with van der Waals surface area (Å²) in [5.74, 6) is -1.26. The molecule has 0 saturated heterocycles. The molecule has 1 fully saturated rings. The van der Waals surface area contributed by atoms with Crippen LogP contribution in [0.15, 0.2) is 24.5 Å². The Hall–Kier alpha value is -1.91. The van der Waals surface area contributed by atoms with Crippen LogP contribution in [0.5, 0.6) is 0 Å². The zero-order valence-electron chi connectivity index (χ0n) is 10.0. The highest BCUT2D eigenvalue weighted by molar-refractivity contribution is 5.94. The summed E-state index contributed by atoms with van der Waals surface area (Å²) >= 11 is 0. The molecule has 5 nitrogen and oxygen atoms in total. The van der Waals surface area contributed by atoms with E-state index < -0.39 is 5.97 Å². The number of hydrogen-bond acceptors (Lipinski definition) is 3. The van der Waals surface area contributed by atoms with Crippen molar-refractivity contribution >= 4 is 11.9 Å². The SMILES string of the molecule is O=C(NC1CCCC(C(=O)O)C1)c1ccncc1. The first-order valence-corrected chi connectivity index (χ1v) is 6.10. The summed E-state index contributed by atoms with van der Waals surface area (Å²) in [4.78, 5) is 26.7. The van der Waals surface area contributed by atoms with Gasteiger partial charge in [-0.2, -0.15) is 0 Å². The number of carbonyl (C=O) groups excluding carboxylic acids is 1. The number of aliphatic carboxylic acids is 1. The van der Waals surface area contributed by atoms with Crippen LogP contribution in [0.1, 0.15) is 36.0 Å². The Balaban J connectivity index is 1.93. The maximum absolute atomic E-state index is 11.9. The molecule has 1 heterocycles. The Morgan fingerprint density at radius 1 is 1.28 bits per heavy atom. The monoisotopic (exact) mass is 248 g/mol. The summed E-state index contributed by atoms with van der Waals surface area (Å²) in [5, 5.41) is 11.9. The number of carboxylic acids is 1. The lowest BCUT2D eigenvalue weighted by molar-refractivity contribution is -0.143. The number of carboxylic acid groups (broad SMARTS) is 1. The first-order valence-electron chi connectivity index (χ1n) is 6.10. The molecule has 5 heteroatoms. The van der Waals surface area contributed by atoms with Gasteiger partial charge in [0.25, 0.3) is 5.91 Å². The van der Waals surface area contributed by atoms with E-state index in [1.807, 2.05) is 0 Å². The van der Waals surface area contributed by atoms with Gasteiger partial charge in [-0.1, -0.05) is 6.42 Å². The number of nitrogens with one attached hydrogen (secondary N) is 1. The number of rotatable bonds is 3. The van der Waals surface area contributed by atoms with Crippen LogP contribution >= 0.6 is 0 Å². The van der Waals surface area contributed by atoms with Crippen LogP contribution in [0.2, 0.25) is 0 Å². The van der Waals surface area contributed by atoms with Crippen molar-refractivity contribution in [1.29, 1.82) is 0 Å². The Morgan fingerprint density at radius 3 is 2.67 bits per heavy atom. The van der Waals surface area contributed by atoms with Crippen LogP contribution in [0.4, 0.5) is 0 Å². The maximum Gasteiger partial charge on any atom is 0.306 e. The first-order chi connectivity index (χ1) is 8.66. The fourth-order valence-electron chi connectivity index (χ4n) is 2.32. The van der Waals surface area contributed by atoms with Gasteiger partial charge in [-0.15, -0.1) is 0 Å². The molecule has 0 aliphatic heterocycles. The fraction of sp³-hybridized carbons (Fsp3) is 0.462. The lowest BCUT2D eigenvalue weighted by Gasteiger charge is -2.27. The van der Waals surface area contributed by atoms with Gasteiger partial charge in [0, 0.05) is 24.0 Å². The Labute approximate surface area is 105 Å². The Bertz CT molecular complexity index is 433. The molecule has 96 valence electrons. The number of pyridine rings is 1. The van der Waals surface area contributed by atoms with Crippen molar-refractivity contribution in [2.24, 2.45) is 5.92 Å². The molecule has 0 aromatic carbocycles. The molecule has 1 aliphatic carbocycles. The highest BCUT2D eigenvalue weighted by Gasteiger charge is 2.27. The van der Waals surface area contributed by atoms with Gasteiger partial charge in [-0.25, -0.2) is 0 Å². The maximum atomic E-state index is 11.9. The van der Waals surface area contributed by atoms with Crippen LogP contribution in [0.3, 0.4) is 0 Å². The number of carbonyl (C=O) groups is 2. The molecule has 18 heavy (non-hydrogen) atoms. The van der Waals surface area contributed by atoms with Gasteiger partial charge in [-0.3, -0.25) is 14.6 Å². The van der Waals surface area contributed by atoms with Crippen molar-refractivity contribution in [3.05, 3.63) is 30.1 Å². The van der Waals surface area contributed by atoms with E-state index in [4.69, 9.17) is 5.11 Å². The second-order valence-electron chi connectivity index (χ2n) is 4.61.